The number of hydrogen-bond acceptors (Lipinski definition) is 4. The highest BCUT2D eigenvalue weighted by Gasteiger charge is 2.50. The zero-order valence-electron chi connectivity index (χ0n) is 22.7. The van der Waals surface area contributed by atoms with Gasteiger partial charge in [0.25, 0.3) is 5.91 Å². The zero-order valence-corrected chi connectivity index (χ0v) is 22.7. The first kappa shape index (κ1) is 32.3. The van der Waals surface area contributed by atoms with Crippen LogP contribution in [-0.4, -0.2) is 31.0 Å². The molecule has 0 saturated heterocycles. The SMILES string of the molecule is CC.CC.CC.CC(=O)c1cccc(CN2C(=O)C(c3ccccc3)(c3ccccc3)N=C2N)c1.[B]. The van der Waals surface area contributed by atoms with E-state index in [1.165, 1.54) is 11.8 Å². The van der Waals surface area contributed by atoms with Crippen molar-refractivity contribution in [2.24, 2.45) is 10.7 Å². The van der Waals surface area contributed by atoms with Crippen molar-refractivity contribution in [1.82, 2.24) is 4.90 Å². The molecular formula is C30H39BN3O2. The van der Waals surface area contributed by atoms with Crippen LogP contribution in [0.15, 0.2) is 89.9 Å². The first-order valence-corrected chi connectivity index (χ1v) is 12.4. The highest BCUT2D eigenvalue weighted by Crippen LogP contribution is 2.39. The predicted octanol–water partition coefficient (Wildman–Crippen LogP) is 6.19. The molecule has 1 aliphatic rings. The lowest BCUT2D eigenvalue weighted by atomic mass is 9.83. The Balaban J connectivity index is 0.00000163. The summed E-state index contributed by atoms with van der Waals surface area (Å²) in [5.74, 6) is -0.0688. The minimum absolute atomic E-state index is 0. The Morgan fingerprint density at radius 2 is 1.28 bits per heavy atom. The van der Waals surface area contributed by atoms with Crippen LogP contribution < -0.4 is 5.73 Å². The molecule has 5 nitrogen and oxygen atoms in total. The molecule has 0 bridgehead atoms. The molecule has 0 spiro atoms. The summed E-state index contributed by atoms with van der Waals surface area (Å²) in [7, 11) is 0. The van der Waals surface area contributed by atoms with Gasteiger partial charge in [-0.2, -0.15) is 0 Å². The number of amides is 1. The first-order valence-electron chi connectivity index (χ1n) is 12.4. The maximum absolute atomic E-state index is 13.7. The molecule has 3 aromatic carbocycles. The van der Waals surface area contributed by atoms with Crippen LogP contribution in [0.4, 0.5) is 0 Å². The number of guanidine groups is 1. The van der Waals surface area contributed by atoms with E-state index < -0.39 is 5.54 Å². The quantitative estimate of drug-likeness (QED) is 0.347. The number of Topliss-reactive ketones (excluding diaryl/α,β-unsaturated/α-hetero) is 1. The van der Waals surface area contributed by atoms with E-state index >= 15 is 0 Å². The fourth-order valence-corrected chi connectivity index (χ4v) is 3.70. The molecule has 2 N–H and O–H groups in total. The first-order chi connectivity index (χ1) is 17.0. The monoisotopic (exact) mass is 484 g/mol. The fraction of sp³-hybridized carbons (Fsp3) is 0.300. The molecule has 0 atom stereocenters. The van der Waals surface area contributed by atoms with Crippen LogP contribution in [-0.2, 0) is 16.9 Å². The number of nitrogens with two attached hydrogens (primary N) is 1. The standard InChI is InChI=1S/C24H21N3O2.3C2H6.B/c1-17(28)19-10-8-9-18(15-19)16-27-22(29)24(26-23(27)25,20-11-4-2-5-12-20)21-13-6-3-7-14-21;3*1-2;/h2-15H,16H2,1H3,(H2,25,26);3*1-2H3;. The number of aliphatic imine (C=N–C) groups is 1. The van der Waals surface area contributed by atoms with Crippen molar-refractivity contribution in [2.45, 2.75) is 60.5 Å². The van der Waals surface area contributed by atoms with Gasteiger partial charge in [0.1, 0.15) is 0 Å². The number of nitrogens with zero attached hydrogens (tertiary/aromatic N) is 2. The molecule has 1 aliphatic heterocycles. The summed E-state index contributed by atoms with van der Waals surface area (Å²) in [4.78, 5) is 31.6. The predicted molar refractivity (Wildman–Crippen MR) is 152 cm³/mol. The van der Waals surface area contributed by atoms with Gasteiger partial charge in [-0.3, -0.25) is 14.5 Å². The molecule has 0 saturated carbocycles. The molecule has 1 amide bonds. The van der Waals surface area contributed by atoms with Gasteiger partial charge < -0.3 is 5.73 Å². The number of ketones is 1. The number of carbonyl (C=O) groups is 2. The van der Waals surface area contributed by atoms with Crippen molar-refractivity contribution < 1.29 is 9.59 Å². The van der Waals surface area contributed by atoms with Crippen molar-refractivity contribution in [2.75, 3.05) is 0 Å². The number of rotatable bonds is 5. The Morgan fingerprint density at radius 3 is 1.72 bits per heavy atom. The minimum Gasteiger partial charge on any atom is -0.369 e. The van der Waals surface area contributed by atoms with Crippen LogP contribution in [0, 0.1) is 0 Å². The molecule has 1 heterocycles. The molecule has 0 fully saturated rings. The molecule has 6 heteroatoms. The molecule has 36 heavy (non-hydrogen) atoms. The number of benzene rings is 3. The van der Waals surface area contributed by atoms with Gasteiger partial charge in [0.2, 0.25) is 0 Å². The largest absolute Gasteiger partial charge is 0.369 e. The summed E-state index contributed by atoms with van der Waals surface area (Å²) >= 11 is 0. The zero-order chi connectivity index (χ0) is 26.4. The normalized spacial score (nSPS) is 12.8. The second kappa shape index (κ2) is 16.1. The summed E-state index contributed by atoms with van der Waals surface area (Å²) in [6.45, 7) is 13.8. The van der Waals surface area contributed by atoms with E-state index in [9.17, 15) is 9.59 Å². The van der Waals surface area contributed by atoms with Gasteiger partial charge in [0.05, 0.1) is 6.54 Å². The molecular weight excluding hydrogens is 445 g/mol. The Morgan fingerprint density at radius 1 is 0.806 bits per heavy atom. The van der Waals surface area contributed by atoms with E-state index in [4.69, 9.17) is 5.73 Å². The van der Waals surface area contributed by atoms with Gasteiger partial charge in [-0.15, -0.1) is 0 Å². The van der Waals surface area contributed by atoms with E-state index in [2.05, 4.69) is 4.99 Å². The summed E-state index contributed by atoms with van der Waals surface area (Å²) in [6, 6.07) is 26.1. The summed E-state index contributed by atoms with van der Waals surface area (Å²) < 4.78 is 0. The molecule has 4 rings (SSSR count). The number of hydrogen-bond donors (Lipinski definition) is 1. The summed E-state index contributed by atoms with van der Waals surface area (Å²) in [5.41, 5.74) is 7.98. The van der Waals surface area contributed by atoms with E-state index in [1.807, 2.05) is 114 Å². The second-order valence-electron chi connectivity index (χ2n) is 7.06. The second-order valence-corrected chi connectivity index (χ2v) is 7.06. The lowest BCUT2D eigenvalue weighted by Gasteiger charge is -2.27. The summed E-state index contributed by atoms with van der Waals surface area (Å²) in [5, 5.41) is 0. The molecule has 0 aliphatic carbocycles. The van der Waals surface area contributed by atoms with E-state index in [1.54, 1.807) is 12.1 Å². The average molecular weight is 484 g/mol. The Labute approximate surface area is 219 Å². The molecule has 0 unspecified atom stereocenters. The average Bonchev–Trinajstić information content (AvgIpc) is 3.19. The number of carbonyl (C=O) groups excluding carboxylic acids is 2. The van der Waals surface area contributed by atoms with Gasteiger partial charge in [0.15, 0.2) is 17.3 Å². The Hall–Kier alpha value is -3.67. The van der Waals surface area contributed by atoms with E-state index in [0.717, 1.165) is 16.7 Å². The van der Waals surface area contributed by atoms with E-state index in [0.29, 0.717) is 5.56 Å². The van der Waals surface area contributed by atoms with Gasteiger partial charge in [-0.25, -0.2) is 4.99 Å². The van der Waals surface area contributed by atoms with Crippen molar-refractivity contribution in [3.05, 3.63) is 107 Å². The lowest BCUT2D eigenvalue weighted by Crippen LogP contribution is -2.43. The maximum atomic E-state index is 13.7. The summed E-state index contributed by atoms with van der Waals surface area (Å²) in [6.07, 6.45) is 0. The highest BCUT2D eigenvalue weighted by molar-refractivity contribution is 6.09. The molecule has 3 aromatic rings. The maximum Gasteiger partial charge on any atom is 0.266 e. The van der Waals surface area contributed by atoms with E-state index in [-0.39, 0.29) is 32.6 Å². The van der Waals surface area contributed by atoms with Crippen LogP contribution in [0.2, 0.25) is 0 Å². The van der Waals surface area contributed by atoms with Crippen LogP contribution >= 0.6 is 0 Å². The van der Waals surface area contributed by atoms with Gasteiger partial charge in [0, 0.05) is 14.0 Å². The van der Waals surface area contributed by atoms with Crippen LogP contribution in [0.5, 0.6) is 0 Å². The Kier molecular flexibility index (Phi) is 14.5. The fourth-order valence-electron chi connectivity index (χ4n) is 3.70. The Bertz CT molecular complexity index is 1060. The molecule has 3 radical (unpaired) electrons. The van der Waals surface area contributed by atoms with Gasteiger partial charge in [-0.1, -0.05) is 120 Å². The third kappa shape index (κ3) is 6.94. The molecule has 0 aromatic heterocycles. The van der Waals surface area contributed by atoms with Crippen molar-refractivity contribution in [3.8, 4) is 0 Å². The van der Waals surface area contributed by atoms with Gasteiger partial charge in [-0.05, 0) is 29.7 Å². The van der Waals surface area contributed by atoms with Gasteiger partial charge >= 0.3 is 0 Å². The lowest BCUT2D eigenvalue weighted by molar-refractivity contribution is -0.130. The van der Waals surface area contributed by atoms with Crippen molar-refractivity contribution in [3.63, 3.8) is 0 Å². The van der Waals surface area contributed by atoms with Crippen molar-refractivity contribution >= 4 is 26.1 Å². The smallest absolute Gasteiger partial charge is 0.266 e. The highest BCUT2D eigenvalue weighted by atomic mass is 16.2. The van der Waals surface area contributed by atoms with Crippen LogP contribution in [0.1, 0.15) is 75.5 Å². The molecule has 189 valence electrons. The topological polar surface area (TPSA) is 75.8 Å². The minimum atomic E-state index is -1.22. The third-order valence-electron chi connectivity index (χ3n) is 5.17. The van der Waals surface area contributed by atoms with Crippen LogP contribution in [0.25, 0.3) is 0 Å². The van der Waals surface area contributed by atoms with Crippen LogP contribution in [0.3, 0.4) is 0 Å². The van der Waals surface area contributed by atoms with Crippen molar-refractivity contribution in [1.29, 1.82) is 0 Å². The third-order valence-corrected chi connectivity index (χ3v) is 5.17.